The fourth-order valence-electron chi connectivity index (χ4n) is 2.07. The summed E-state index contributed by atoms with van der Waals surface area (Å²) in [4.78, 5) is 0. The standard InChI is InChI=1S/C13H17BrN4/c1-8(2)18-12(7-15)16-17-13(18)10-4-9(3)5-11(14)6-10/h4-6,8H,7,15H2,1-3H3. The van der Waals surface area contributed by atoms with Crippen LogP contribution in [0.15, 0.2) is 22.7 Å². The monoisotopic (exact) mass is 308 g/mol. The third kappa shape index (κ3) is 2.47. The minimum atomic E-state index is 0.285. The highest BCUT2D eigenvalue weighted by atomic mass is 79.9. The molecule has 5 heteroatoms. The van der Waals surface area contributed by atoms with E-state index in [1.807, 2.05) is 0 Å². The number of hydrogen-bond donors (Lipinski definition) is 1. The summed E-state index contributed by atoms with van der Waals surface area (Å²) >= 11 is 3.51. The van der Waals surface area contributed by atoms with Crippen molar-refractivity contribution in [3.63, 3.8) is 0 Å². The van der Waals surface area contributed by atoms with E-state index in [-0.39, 0.29) is 6.04 Å². The van der Waals surface area contributed by atoms with Gasteiger partial charge in [-0.1, -0.05) is 15.9 Å². The molecule has 0 radical (unpaired) electrons. The number of halogens is 1. The topological polar surface area (TPSA) is 56.7 Å². The zero-order valence-electron chi connectivity index (χ0n) is 10.8. The smallest absolute Gasteiger partial charge is 0.164 e. The van der Waals surface area contributed by atoms with Gasteiger partial charge in [0.05, 0.1) is 6.54 Å². The van der Waals surface area contributed by atoms with Crippen molar-refractivity contribution < 1.29 is 0 Å². The van der Waals surface area contributed by atoms with E-state index in [0.717, 1.165) is 21.7 Å². The first-order valence-electron chi connectivity index (χ1n) is 5.94. The quantitative estimate of drug-likeness (QED) is 0.948. The van der Waals surface area contributed by atoms with Crippen molar-refractivity contribution in [1.29, 1.82) is 0 Å². The lowest BCUT2D eigenvalue weighted by Gasteiger charge is -2.13. The van der Waals surface area contributed by atoms with Gasteiger partial charge in [0, 0.05) is 16.1 Å². The van der Waals surface area contributed by atoms with Gasteiger partial charge in [-0.15, -0.1) is 10.2 Å². The molecule has 0 bridgehead atoms. The number of aromatic nitrogens is 3. The predicted molar refractivity (Wildman–Crippen MR) is 76.2 cm³/mol. The zero-order chi connectivity index (χ0) is 13.3. The van der Waals surface area contributed by atoms with Crippen molar-refractivity contribution in [1.82, 2.24) is 14.8 Å². The second kappa shape index (κ2) is 5.20. The maximum Gasteiger partial charge on any atom is 0.164 e. The largest absolute Gasteiger partial charge is 0.324 e. The lowest BCUT2D eigenvalue weighted by Crippen LogP contribution is -2.11. The second-order valence-electron chi connectivity index (χ2n) is 4.62. The van der Waals surface area contributed by atoms with Crippen molar-refractivity contribution in [2.24, 2.45) is 5.73 Å². The molecule has 0 aliphatic heterocycles. The molecule has 0 saturated heterocycles. The van der Waals surface area contributed by atoms with Crippen molar-refractivity contribution in [2.45, 2.75) is 33.4 Å². The Balaban J connectivity index is 2.60. The summed E-state index contributed by atoms with van der Waals surface area (Å²) in [5, 5.41) is 8.44. The summed E-state index contributed by atoms with van der Waals surface area (Å²) in [7, 11) is 0. The normalized spacial score (nSPS) is 11.2. The lowest BCUT2D eigenvalue weighted by molar-refractivity contribution is 0.574. The first-order chi connectivity index (χ1) is 8.52. The summed E-state index contributed by atoms with van der Waals surface area (Å²) in [5.74, 6) is 1.69. The second-order valence-corrected chi connectivity index (χ2v) is 5.54. The average Bonchev–Trinajstić information content (AvgIpc) is 2.71. The van der Waals surface area contributed by atoms with Crippen LogP contribution >= 0.6 is 15.9 Å². The minimum Gasteiger partial charge on any atom is -0.324 e. The first-order valence-corrected chi connectivity index (χ1v) is 6.73. The Bertz CT molecular complexity index is 540. The van der Waals surface area contributed by atoms with Crippen LogP contribution in [0.5, 0.6) is 0 Å². The van der Waals surface area contributed by atoms with Crippen molar-refractivity contribution in [3.8, 4) is 11.4 Å². The van der Waals surface area contributed by atoms with Crippen molar-refractivity contribution in [3.05, 3.63) is 34.1 Å². The van der Waals surface area contributed by atoms with Crippen LogP contribution in [0, 0.1) is 6.92 Å². The molecule has 0 amide bonds. The van der Waals surface area contributed by atoms with Gasteiger partial charge in [-0.2, -0.15) is 0 Å². The van der Waals surface area contributed by atoms with Gasteiger partial charge in [0.15, 0.2) is 5.82 Å². The fourth-order valence-corrected chi connectivity index (χ4v) is 2.68. The van der Waals surface area contributed by atoms with E-state index in [0.29, 0.717) is 6.54 Å². The molecule has 0 aliphatic carbocycles. The van der Waals surface area contributed by atoms with Crippen LogP contribution in [0.25, 0.3) is 11.4 Å². The van der Waals surface area contributed by atoms with Gasteiger partial charge in [-0.25, -0.2) is 0 Å². The van der Waals surface area contributed by atoms with Gasteiger partial charge in [0.2, 0.25) is 0 Å². The van der Waals surface area contributed by atoms with Gasteiger partial charge < -0.3 is 10.3 Å². The van der Waals surface area contributed by atoms with Gasteiger partial charge in [0.25, 0.3) is 0 Å². The van der Waals surface area contributed by atoms with Crippen LogP contribution in [0.1, 0.15) is 31.3 Å². The molecule has 2 aromatic rings. The van der Waals surface area contributed by atoms with Crippen LogP contribution in [0.3, 0.4) is 0 Å². The van der Waals surface area contributed by atoms with Crippen molar-refractivity contribution >= 4 is 15.9 Å². The van der Waals surface area contributed by atoms with Gasteiger partial charge in [0.1, 0.15) is 5.82 Å². The number of aryl methyl sites for hydroxylation is 1. The Hall–Kier alpha value is -1.20. The molecule has 4 nitrogen and oxygen atoms in total. The highest BCUT2D eigenvalue weighted by molar-refractivity contribution is 9.10. The Morgan fingerprint density at radius 3 is 2.56 bits per heavy atom. The van der Waals surface area contributed by atoms with E-state index in [9.17, 15) is 0 Å². The number of nitrogens with two attached hydrogens (primary N) is 1. The van der Waals surface area contributed by atoms with Crippen LogP contribution in [-0.4, -0.2) is 14.8 Å². The molecule has 96 valence electrons. The zero-order valence-corrected chi connectivity index (χ0v) is 12.4. The molecule has 0 atom stereocenters. The van der Waals surface area contributed by atoms with Crippen LogP contribution in [0.2, 0.25) is 0 Å². The number of rotatable bonds is 3. The summed E-state index contributed by atoms with van der Waals surface area (Å²) in [6.45, 7) is 6.68. The maximum atomic E-state index is 5.71. The predicted octanol–water partition coefficient (Wildman–Crippen LogP) is 3.06. The third-order valence-corrected chi connectivity index (χ3v) is 3.22. The number of nitrogens with zero attached hydrogens (tertiary/aromatic N) is 3. The van der Waals surface area contributed by atoms with Gasteiger partial charge >= 0.3 is 0 Å². The molecule has 0 spiro atoms. The molecular weight excluding hydrogens is 292 g/mol. The average molecular weight is 309 g/mol. The van der Waals surface area contributed by atoms with Gasteiger partial charge in [-0.05, 0) is 44.5 Å². The van der Waals surface area contributed by atoms with E-state index in [2.05, 4.69) is 69.7 Å². The maximum absolute atomic E-state index is 5.71. The molecule has 0 unspecified atom stereocenters. The molecule has 1 aromatic carbocycles. The summed E-state index contributed by atoms with van der Waals surface area (Å²) < 4.78 is 3.13. The Labute approximate surface area is 115 Å². The van der Waals surface area contributed by atoms with E-state index >= 15 is 0 Å². The van der Waals surface area contributed by atoms with E-state index in [1.54, 1.807) is 0 Å². The first kappa shape index (κ1) is 13.2. The highest BCUT2D eigenvalue weighted by Gasteiger charge is 2.15. The summed E-state index contributed by atoms with van der Waals surface area (Å²) in [5.41, 5.74) is 7.95. The van der Waals surface area contributed by atoms with Crippen LogP contribution < -0.4 is 5.73 Å². The molecular formula is C13H17BrN4. The molecule has 2 N–H and O–H groups in total. The fraction of sp³-hybridized carbons (Fsp3) is 0.385. The summed E-state index contributed by atoms with van der Waals surface area (Å²) in [6.07, 6.45) is 0. The molecule has 0 aliphatic rings. The molecule has 0 saturated carbocycles. The lowest BCUT2D eigenvalue weighted by atomic mass is 10.1. The summed E-state index contributed by atoms with van der Waals surface area (Å²) in [6, 6.07) is 6.51. The molecule has 0 fully saturated rings. The Kier molecular flexibility index (Phi) is 3.82. The molecule has 2 rings (SSSR count). The highest BCUT2D eigenvalue weighted by Crippen LogP contribution is 2.26. The number of benzene rings is 1. The van der Waals surface area contributed by atoms with E-state index in [1.165, 1.54) is 5.56 Å². The van der Waals surface area contributed by atoms with Gasteiger partial charge in [-0.3, -0.25) is 0 Å². The van der Waals surface area contributed by atoms with Crippen LogP contribution in [0.4, 0.5) is 0 Å². The van der Waals surface area contributed by atoms with E-state index in [4.69, 9.17) is 5.73 Å². The molecule has 1 heterocycles. The number of hydrogen-bond acceptors (Lipinski definition) is 3. The third-order valence-electron chi connectivity index (χ3n) is 2.77. The van der Waals surface area contributed by atoms with E-state index < -0.39 is 0 Å². The minimum absolute atomic E-state index is 0.285. The van der Waals surface area contributed by atoms with Crippen molar-refractivity contribution in [2.75, 3.05) is 0 Å². The molecule has 18 heavy (non-hydrogen) atoms. The SMILES string of the molecule is Cc1cc(Br)cc(-c2nnc(CN)n2C(C)C)c1. The molecule has 1 aromatic heterocycles. The Morgan fingerprint density at radius 2 is 2.00 bits per heavy atom. The van der Waals surface area contributed by atoms with Crippen LogP contribution in [-0.2, 0) is 6.54 Å². The Morgan fingerprint density at radius 1 is 1.28 bits per heavy atom.